The first-order valence-electron chi connectivity index (χ1n) is 17.3. The second-order valence-electron chi connectivity index (χ2n) is 13.1. The summed E-state index contributed by atoms with van der Waals surface area (Å²) in [6.07, 6.45) is -0.357. The van der Waals surface area contributed by atoms with Crippen LogP contribution in [0.25, 0.3) is 71.1 Å². The third-order valence-corrected chi connectivity index (χ3v) is 10.3. The molecule has 0 saturated heterocycles. The summed E-state index contributed by atoms with van der Waals surface area (Å²) in [5.74, 6) is 1.36. The van der Waals surface area contributed by atoms with Crippen LogP contribution in [0.5, 0.6) is 0 Å². The van der Waals surface area contributed by atoms with Gasteiger partial charge in [-0.3, -0.25) is 9.13 Å². The Balaban J connectivity index is 1.23. The lowest BCUT2D eigenvalue weighted by atomic mass is 10.1. The molecule has 1 unspecified atom stereocenters. The van der Waals surface area contributed by atoms with Crippen LogP contribution in [-0.4, -0.2) is 25.6 Å². The molecule has 0 fully saturated rings. The van der Waals surface area contributed by atoms with E-state index < -0.39 is 0 Å². The second kappa shape index (κ2) is 10.8. The zero-order valence-corrected chi connectivity index (χ0v) is 27.5. The molecular weight excluding hydrogens is 625 g/mol. The smallest absolute Gasteiger partial charge is 0.235 e. The molecule has 3 aromatic heterocycles. The highest BCUT2D eigenvalue weighted by Gasteiger charge is 2.26. The van der Waals surface area contributed by atoms with Crippen molar-refractivity contribution in [2.45, 2.75) is 6.17 Å². The van der Waals surface area contributed by atoms with E-state index in [1.807, 2.05) is 6.07 Å². The van der Waals surface area contributed by atoms with Crippen molar-refractivity contribution in [1.82, 2.24) is 19.0 Å². The van der Waals surface area contributed by atoms with Gasteiger partial charge in [-0.05, 0) is 54.1 Å². The van der Waals surface area contributed by atoms with Gasteiger partial charge in [-0.1, -0.05) is 121 Å². The minimum atomic E-state index is -0.357. The van der Waals surface area contributed by atoms with Gasteiger partial charge in [0.05, 0.1) is 33.1 Å². The van der Waals surface area contributed by atoms with Crippen molar-refractivity contribution in [2.24, 2.45) is 9.98 Å². The van der Waals surface area contributed by atoms with Crippen LogP contribution >= 0.6 is 0 Å². The molecule has 0 saturated carbocycles. The molecule has 1 atom stereocenters. The lowest BCUT2D eigenvalue weighted by Gasteiger charge is -2.25. The third-order valence-electron chi connectivity index (χ3n) is 10.3. The van der Waals surface area contributed by atoms with Crippen molar-refractivity contribution in [1.29, 1.82) is 0 Å². The molecule has 0 aliphatic carbocycles. The molecular formula is C45H30N6. The van der Waals surface area contributed by atoms with Gasteiger partial charge >= 0.3 is 0 Å². The minimum Gasteiger partial charge on any atom is -0.330 e. The van der Waals surface area contributed by atoms with Gasteiger partial charge in [-0.2, -0.15) is 4.99 Å². The zero-order chi connectivity index (χ0) is 33.5. The average Bonchev–Trinajstić information content (AvgIpc) is 3.83. The molecule has 4 heterocycles. The Morgan fingerprint density at radius 2 is 0.843 bits per heavy atom. The summed E-state index contributed by atoms with van der Waals surface area (Å²) in [7, 11) is 0. The standard InChI is InChI=1S/C45H30N6/c1-3-15-29(16-4-1)43-46-44(50-38-24-12-7-19-31(38)32-20-8-13-25-39(32)50)48-45(47-43)51-40-26-14-10-22-34(40)36-27-35-33-21-9-11-23-37(33)49(41(35)28-42(36)51)30-17-5-2-6-18-30/h1-28,43H,(H,46,47,48). The van der Waals surface area contributed by atoms with E-state index in [1.165, 1.54) is 37.8 Å². The molecule has 240 valence electrons. The maximum Gasteiger partial charge on any atom is 0.235 e. The van der Waals surface area contributed by atoms with E-state index in [9.17, 15) is 0 Å². The van der Waals surface area contributed by atoms with Crippen LogP contribution in [0.2, 0.25) is 0 Å². The van der Waals surface area contributed by atoms with E-state index in [0.717, 1.165) is 44.8 Å². The first-order chi connectivity index (χ1) is 25.3. The summed E-state index contributed by atoms with van der Waals surface area (Å²) >= 11 is 0. The highest BCUT2D eigenvalue weighted by Crippen LogP contribution is 2.39. The summed E-state index contributed by atoms with van der Waals surface area (Å²) in [4.78, 5) is 10.7. The molecule has 11 rings (SSSR count). The van der Waals surface area contributed by atoms with Gasteiger partial charge in [0.2, 0.25) is 11.9 Å². The zero-order valence-electron chi connectivity index (χ0n) is 27.5. The average molecular weight is 655 g/mol. The van der Waals surface area contributed by atoms with E-state index in [0.29, 0.717) is 5.96 Å². The number of fused-ring (bicyclic) bond motifs is 9. The van der Waals surface area contributed by atoms with Gasteiger partial charge in [0.1, 0.15) is 0 Å². The Morgan fingerprint density at radius 1 is 0.392 bits per heavy atom. The number of hydrogen-bond acceptors (Lipinski definition) is 3. The number of aromatic nitrogens is 3. The Labute approximate surface area is 292 Å². The summed E-state index contributed by atoms with van der Waals surface area (Å²) in [5, 5.41) is 10.9. The van der Waals surface area contributed by atoms with E-state index in [2.05, 4.69) is 183 Å². The van der Waals surface area contributed by atoms with Crippen molar-refractivity contribution in [2.75, 3.05) is 0 Å². The van der Waals surface area contributed by atoms with Gasteiger partial charge in [0, 0.05) is 38.0 Å². The number of nitrogens with zero attached hydrogens (tertiary/aromatic N) is 5. The van der Waals surface area contributed by atoms with Crippen LogP contribution in [0.15, 0.2) is 180 Å². The van der Waals surface area contributed by atoms with Crippen molar-refractivity contribution in [3.05, 3.63) is 175 Å². The van der Waals surface area contributed by atoms with Crippen LogP contribution < -0.4 is 5.32 Å². The predicted molar refractivity (Wildman–Crippen MR) is 211 cm³/mol. The van der Waals surface area contributed by atoms with Crippen molar-refractivity contribution in [3.8, 4) is 5.69 Å². The molecule has 6 nitrogen and oxygen atoms in total. The highest BCUT2D eigenvalue weighted by molar-refractivity contribution is 6.22. The van der Waals surface area contributed by atoms with Crippen LogP contribution in [0.4, 0.5) is 0 Å². The van der Waals surface area contributed by atoms with Gasteiger partial charge < -0.3 is 9.88 Å². The summed E-state index contributed by atoms with van der Waals surface area (Å²) < 4.78 is 6.87. The van der Waals surface area contributed by atoms with Gasteiger partial charge in [0.25, 0.3) is 0 Å². The second-order valence-corrected chi connectivity index (χ2v) is 13.1. The van der Waals surface area contributed by atoms with E-state index >= 15 is 0 Å². The molecule has 0 bridgehead atoms. The maximum absolute atomic E-state index is 5.42. The number of para-hydroxylation sites is 5. The molecule has 1 N–H and O–H groups in total. The Bertz CT molecular complexity index is 3000. The number of hydrogen-bond donors (Lipinski definition) is 1. The van der Waals surface area contributed by atoms with Crippen LogP contribution in [0, 0.1) is 0 Å². The van der Waals surface area contributed by atoms with Gasteiger partial charge in [0.15, 0.2) is 6.17 Å². The van der Waals surface area contributed by atoms with Gasteiger partial charge in [-0.25, -0.2) is 4.99 Å². The van der Waals surface area contributed by atoms with Crippen LogP contribution in [0.1, 0.15) is 11.7 Å². The number of nitrogens with one attached hydrogen (secondary N) is 1. The topological polar surface area (TPSA) is 51.5 Å². The third kappa shape index (κ3) is 4.10. The van der Waals surface area contributed by atoms with E-state index in [1.54, 1.807) is 0 Å². The number of aliphatic imine (C=N–C) groups is 2. The Kier molecular flexibility index (Phi) is 5.92. The normalized spacial score (nSPS) is 14.9. The SMILES string of the molecule is c1ccc(C2N=C(n3c4ccccc4c4ccccc43)N=C(n3c4ccccc4c4cc5c6ccccc6n(-c6ccccc6)c5cc43)N2)cc1. The molecule has 1 aliphatic rings. The molecule has 10 aromatic rings. The lowest BCUT2D eigenvalue weighted by Crippen LogP contribution is -2.38. The minimum absolute atomic E-state index is 0.357. The van der Waals surface area contributed by atoms with E-state index in [-0.39, 0.29) is 6.17 Å². The van der Waals surface area contributed by atoms with Crippen LogP contribution in [-0.2, 0) is 0 Å². The fourth-order valence-corrected chi connectivity index (χ4v) is 8.09. The molecule has 6 heteroatoms. The molecule has 0 radical (unpaired) electrons. The number of rotatable bonds is 2. The quantitative estimate of drug-likeness (QED) is 0.198. The first-order valence-corrected chi connectivity index (χ1v) is 17.3. The molecule has 51 heavy (non-hydrogen) atoms. The molecule has 0 spiro atoms. The maximum atomic E-state index is 5.42. The Hall–Kier alpha value is -6.92. The summed E-state index contributed by atoms with van der Waals surface area (Å²) in [5.41, 5.74) is 8.82. The Morgan fingerprint density at radius 3 is 1.43 bits per heavy atom. The van der Waals surface area contributed by atoms with Crippen molar-refractivity contribution < 1.29 is 0 Å². The monoisotopic (exact) mass is 654 g/mol. The first kappa shape index (κ1) is 28.0. The summed E-state index contributed by atoms with van der Waals surface area (Å²) in [6.45, 7) is 0. The molecule has 7 aromatic carbocycles. The lowest BCUT2D eigenvalue weighted by molar-refractivity contribution is 0.656. The number of benzene rings is 7. The fourth-order valence-electron chi connectivity index (χ4n) is 8.09. The summed E-state index contributed by atoms with van der Waals surface area (Å²) in [6, 6.07) is 60.1. The molecule has 1 aliphatic heterocycles. The molecule has 0 amide bonds. The fraction of sp³-hybridized carbons (Fsp3) is 0.0222. The van der Waals surface area contributed by atoms with E-state index in [4.69, 9.17) is 9.98 Å². The predicted octanol–water partition coefficient (Wildman–Crippen LogP) is 10.4. The van der Waals surface area contributed by atoms with Gasteiger partial charge in [-0.15, -0.1) is 0 Å². The largest absolute Gasteiger partial charge is 0.330 e. The van der Waals surface area contributed by atoms with Crippen LogP contribution in [0.3, 0.4) is 0 Å². The highest BCUT2D eigenvalue weighted by atomic mass is 15.4. The van der Waals surface area contributed by atoms with Crippen molar-refractivity contribution in [3.63, 3.8) is 0 Å². The van der Waals surface area contributed by atoms with Crippen molar-refractivity contribution >= 4 is 77.3 Å².